The number of carbonyl (C=O) groups excluding carboxylic acids is 2. The van der Waals surface area contributed by atoms with Crippen LogP contribution in [-0.2, 0) is 14.3 Å². The summed E-state index contributed by atoms with van der Waals surface area (Å²) in [5.74, 6) is 0.180. The highest BCUT2D eigenvalue weighted by molar-refractivity contribution is 6.12. The summed E-state index contributed by atoms with van der Waals surface area (Å²) in [4.78, 5) is 27.0. The topological polar surface area (TPSA) is 67.9 Å². The maximum atomic E-state index is 13.1. The lowest BCUT2D eigenvalue weighted by molar-refractivity contribution is -0.123. The summed E-state index contributed by atoms with van der Waals surface area (Å²) in [6.45, 7) is 6.95. The van der Waals surface area contributed by atoms with Gasteiger partial charge in [-0.15, -0.1) is 0 Å². The molecule has 1 aliphatic heterocycles. The predicted octanol–water partition coefficient (Wildman–Crippen LogP) is 3.69. The Morgan fingerprint density at radius 2 is 2.00 bits per heavy atom. The van der Waals surface area contributed by atoms with E-state index in [2.05, 4.69) is 5.32 Å². The third-order valence-electron chi connectivity index (χ3n) is 4.57. The molecular formula is C24H28N2O4. The SMILES string of the molecule is Cc1cccc(C=C2Oc3ccccc3N(CC(=O)NCCCOC(C)C)C2=O)c1. The van der Waals surface area contributed by atoms with E-state index in [1.807, 2.05) is 57.2 Å². The standard InChI is InChI=1S/C24H28N2O4/c1-17(2)29-13-7-12-25-23(27)16-26-20-10-4-5-11-21(20)30-22(24(26)28)15-19-9-6-8-18(3)14-19/h4-6,8-11,14-15,17H,7,12-13,16H2,1-3H3,(H,25,27). The van der Waals surface area contributed by atoms with Gasteiger partial charge in [0.05, 0.1) is 11.8 Å². The lowest BCUT2D eigenvalue weighted by Gasteiger charge is -2.30. The third-order valence-corrected chi connectivity index (χ3v) is 4.57. The van der Waals surface area contributed by atoms with E-state index in [4.69, 9.17) is 9.47 Å². The Balaban J connectivity index is 1.72. The molecule has 0 saturated carbocycles. The molecule has 3 rings (SSSR count). The zero-order chi connectivity index (χ0) is 21.5. The highest BCUT2D eigenvalue weighted by Gasteiger charge is 2.31. The number of benzene rings is 2. The molecule has 0 atom stereocenters. The van der Waals surface area contributed by atoms with Gasteiger partial charge in [0.1, 0.15) is 6.54 Å². The Labute approximate surface area is 177 Å². The number of para-hydroxylation sites is 2. The fourth-order valence-corrected chi connectivity index (χ4v) is 3.15. The molecule has 0 aliphatic carbocycles. The zero-order valence-electron chi connectivity index (χ0n) is 17.7. The minimum atomic E-state index is -0.339. The Morgan fingerprint density at radius 3 is 2.77 bits per heavy atom. The zero-order valence-corrected chi connectivity index (χ0v) is 17.7. The van der Waals surface area contributed by atoms with Crippen LogP contribution in [0.1, 0.15) is 31.4 Å². The number of hydrogen-bond acceptors (Lipinski definition) is 4. The number of fused-ring (bicyclic) bond motifs is 1. The van der Waals surface area contributed by atoms with Crippen molar-refractivity contribution in [2.24, 2.45) is 0 Å². The van der Waals surface area contributed by atoms with Crippen molar-refractivity contribution in [3.63, 3.8) is 0 Å². The van der Waals surface area contributed by atoms with E-state index >= 15 is 0 Å². The van der Waals surface area contributed by atoms with Gasteiger partial charge in [-0.2, -0.15) is 0 Å². The maximum Gasteiger partial charge on any atom is 0.294 e. The van der Waals surface area contributed by atoms with E-state index in [1.165, 1.54) is 4.90 Å². The van der Waals surface area contributed by atoms with Gasteiger partial charge in [0, 0.05) is 13.2 Å². The van der Waals surface area contributed by atoms with Crippen LogP contribution >= 0.6 is 0 Å². The van der Waals surface area contributed by atoms with Gasteiger partial charge in [0.25, 0.3) is 5.91 Å². The molecule has 1 heterocycles. The molecule has 2 amide bonds. The molecule has 2 aromatic rings. The Hall–Kier alpha value is -3.12. The summed E-state index contributed by atoms with van der Waals surface area (Å²) in [6, 6.07) is 15.0. The molecule has 0 bridgehead atoms. The quantitative estimate of drug-likeness (QED) is 0.534. The number of nitrogens with zero attached hydrogens (tertiary/aromatic N) is 1. The number of nitrogens with one attached hydrogen (secondary N) is 1. The number of hydrogen-bond donors (Lipinski definition) is 1. The van der Waals surface area contributed by atoms with Crippen LogP contribution in [0.5, 0.6) is 5.75 Å². The molecule has 1 N–H and O–H groups in total. The van der Waals surface area contributed by atoms with Crippen molar-refractivity contribution in [3.8, 4) is 5.75 Å². The molecule has 6 nitrogen and oxygen atoms in total. The van der Waals surface area contributed by atoms with Crippen LogP contribution in [0.3, 0.4) is 0 Å². The summed E-state index contributed by atoms with van der Waals surface area (Å²) in [7, 11) is 0. The van der Waals surface area contributed by atoms with Crippen molar-refractivity contribution in [2.45, 2.75) is 33.3 Å². The van der Waals surface area contributed by atoms with Gasteiger partial charge in [-0.3, -0.25) is 14.5 Å². The lowest BCUT2D eigenvalue weighted by Crippen LogP contribution is -2.44. The molecule has 0 unspecified atom stereocenters. The van der Waals surface area contributed by atoms with E-state index in [-0.39, 0.29) is 30.2 Å². The van der Waals surface area contributed by atoms with E-state index < -0.39 is 0 Å². The highest BCUT2D eigenvalue weighted by atomic mass is 16.5. The van der Waals surface area contributed by atoms with E-state index in [1.54, 1.807) is 18.2 Å². The Kier molecular flexibility index (Phi) is 7.25. The average molecular weight is 408 g/mol. The van der Waals surface area contributed by atoms with E-state index in [0.29, 0.717) is 24.6 Å². The molecule has 158 valence electrons. The summed E-state index contributed by atoms with van der Waals surface area (Å²) < 4.78 is 11.3. The van der Waals surface area contributed by atoms with E-state index in [9.17, 15) is 9.59 Å². The molecular weight excluding hydrogens is 380 g/mol. The molecule has 1 aliphatic rings. The fourth-order valence-electron chi connectivity index (χ4n) is 3.15. The monoisotopic (exact) mass is 408 g/mol. The van der Waals surface area contributed by atoms with E-state index in [0.717, 1.165) is 17.5 Å². The van der Waals surface area contributed by atoms with Gasteiger partial charge in [0.2, 0.25) is 5.91 Å². The largest absolute Gasteiger partial charge is 0.449 e. The summed E-state index contributed by atoms with van der Waals surface area (Å²) >= 11 is 0. The minimum Gasteiger partial charge on any atom is -0.449 e. The fraction of sp³-hybridized carbons (Fsp3) is 0.333. The molecule has 0 radical (unpaired) electrons. The first kappa shape index (κ1) is 21.6. The number of carbonyl (C=O) groups is 2. The molecule has 0 aromatic heterocycles. The lowest BCUT2D eigenvalue weighted by atomic mass is 10.1. The third kappa shape index (κ3) is 5.70. The number of amides is 2. The maximum absolute atomic E-state index is 13.1. The second kappa shape index (κ2) is 10.1. The minimum absolute atomic E-state index is 0.0740. The van der Waals surface area contributed by atoms with Gasteiger partial charge < -0.3 is 14.8 Å². The average Bonchev–Trinajstić information content (AvgIpc) is 2.70. The van der Waals surface area contributed by atoms with Crippen LogP contribution in [0.4, 0.5) is 5.69 Å². The summed E-state index contributed by atoms with van der Waals surface area (Å²) in [5, 5.41) is 2.85. The van der Waals surface area contributed by atoms with Gasteiger partial charge in [0.15, 0.2) is 11.5 Å². The van der Waals surface area contributed by atoms with Crippen molar-refractivity contribution in [1.82, 2.24) is 5.32 Å². The van der Waals surface area contributed by atoms with Crippen molar-refractivity contribution in [2.75, 3.05) is 24.6 Å². The van der Waals surface area contributed by atoms with Gasteiger partial charge in [-0.1, -0.05) is 42.0 Å². The van der Waals surface area contributed by atoms with Crippen LogP contribution in [0, 0.1) is 6.92 Å². The second-order valence-corrected chi connectivity index (χ2v) is 7.51. The number of anilines is 1. The van der Waals surface area contributed by atoms with Crippen molar-refractivity contribution in [3.05, 3.63) is 65.4 Å². The summed E-state index contributed by atoms with van der Waals surface area (Å²) in [5.41, 5.74) is 2.54. The molecule has 6 heteroatoms. The van der Waals surface area contributed by atoms with Crippen LogP contribution in [0.15, 0.2) is 54.3 Å². The predicted molar refractivity (Wildman–Crippen MR) is 117 cm³/mol. The van der Waals surface area contributed by atoms with Crippen molar-refractivity contribution in [1.29, 1.82) is 0 Å². The second-order valence-electron chi connectivity index (χ2n) is 7.51. The number of rotatable bonds is 8. The Bertz CT molecular complexity index is 936. The molecule has 0 spiro atoms. The van der Waals surface area contributed by atoms with Crippen LogP contribution in [-0.4, -0.2) is 37.6 Å². The number of ether oxygens (including phenoxy) is 2. The molecule has 0 fully saturated rings. The smallest absolute Gasteiger partial charge is 0.294 e. The molecule has 0 saturated heterocycles. The number of aryl methyl sites for hydroxylation is 1. The van der Waals surface area contributed by atoms with Crippen molar-refractivity contribution >= 4 is 23.6 Å². The van der Waals surface area contributed by atoms with Gasteiger partial charge in [-0.05, 0) is 51.0 Å². The van der Waals surface area contributed by atoms with Crippen LogP contribution in [0.25, 0.3) is 6.08 Å². The van der Waals surface area contributed by atoms with Crippen LogP contribution < -0.4 is 15.0 Å². The summed E-state index contributed by atoms with van der Waals surface area (Å²) in [6.07, 6.45) is 2.59. The van der Waals surface area contributed by atoms with Crippen LogP contribution in [0.2, 0.25) is 0 Å². The first-order valence-corrected chi connectivity index (χ1v) is 10.2. The van der Waals surface area contributed by atoms with Crippen molar-refractivity contribution < 1.29 is 19.1 Å². The molecule has 30 heavy (non-hydrogen) atoms. The highest BCUT2D eigenvalue weighted by Crippen LogP contribution is 2.35. The normalized spacial score (nSPS) is 14.6. The Morgan fingerprint density at radius 1 is 1.20 bits per heavy atom. The molecule has 2 aromatic carbocycles. The first-order valence-electron chi connectivity index (χ1n) is 10.2. The first-order chi connectivity index (χ1) is 14.4. The van der Waals surface area contributed by atoms with Gasteiger partial charge in [-0.25, -0.2) is 0 Å². The van der Waals surface area contributed by atoms with Gasteiger partial charge >= 0.3 is 0 Å².